The summed E-state index contributed by atoms with van der Waals surface area (Å²) >= 11 is 0. The normalized spacial score (nSPS) is 12.2. The summed E-state index contributed by atoms with van der Waals surface area (Å²) in [6, 6.07) is 24.2. The number of ketones is 1. The summed E-state index contributed by atoms with van der Waals surface area (Å²) in [5, 5.41) is 8.86. The fourth-order valence-electron chi connectivity index (χ4n) is 4.61. The number of nitrogens with one attached hydrogen (secondary N) is 2. The lowest BCUT2D eigenvalue weighted by molar-refractivity contribution is 0.0945. The smallest absolute Gasteiger partial charge is 0.186 e. The van der Waals surface area contributed by atoms with Gasteiger partial charge in [-0.25, -0.2) is 0 Å². The number of aromatic amines is 1. The molecule has 5 aromatic rings. The summed E-state index contributed by atoms with van der Waals surface area (Å²) in [6.45, 7) is 4.11. The van der Waals surface area contributed by atoms with Crippen LogP contribution in [0, 0.1) is 6.92 Å². The van der Waals surface area contributed by atoms with Crippen molar-refractivity contribution in [3.8, 4) is 11.1 Å². The molecule has 0 spiro atoms. The Morgan fingerprint density at radius 2 is 1.86 bits per heavy atom. The summed E-state index contributed by atoms with van der Waals surface area (Å²) in [6.07, 6.45) is 6.55. The van der Waals surface area contributed by atoms with Crippen LogP contribution in [0.25, 0.3) is 22.0 Å². The van der Waals surface area contributed by atoms with E-state index in [9.17, 15) is 4.79 Å². The molecule has 0 aliphatic rings. The van der Waals surface area contributed by atoms with Gasteiger partial charge in [-0.2, -0.15) is 5.10 Å². The summed E-state index contributed by atoms with van der Waals surface area (Å²) in [7, 11) is 1.68. The molecule has 0 aliphatic carbocycles. The SMILES string of the molecule is COCCn1cc(-c2ccc3c(C(=O)[C@@H](NCCc4ccc(C)cc4)c4ccccc4)c[nH]c3c2)cn1. The van der Waals surface area contributed by atoms with Crippen LogP contribution in [-0.2, 0) is 17.7 Å². The second-order valence-corrected chi connectivity index (χ2v) is 9.35. The number of hydrogen-bond acceptors (Lipinski definition) is 4. The number of rotatable bonds is 11. The summed E-state index contributed by atoms with van der Waals surface area (Å²) in [4.78, 5) is 17.2. The summed E-state index contributed by atoms with van der Waals surface area (Å²) < 4.78 is 7.02. The Hall–Kier alpha value is -4.00. The van der Waals surface area contributed by atoms with E-state index in [4.69, 9.17) is 4.74 Å². The van der Waals surface area contributed by atoms with E-state index in [1.807, 2.05) is 65.7 Å². The maximum atomic E-state index is 13.9. The molecule has 37 heavy (non-hydrogen) atoms. The first-order valence-electron chi connectivity index (χ1n) is 12.6. The molecule has 2 aromatic heterocycles. The first-order valence-corrected chi connectivity index (χ1v) is 12.6. The van der Waals surface area contributed by atoms with Crippen molar-refractivity contribution in [2.24, 2.45) is 0 Å². The Morgan fingerprint density at radius 1 is 1.05 bits per heavy atom. The molecule has 0 saturated carbocycles. The van der Waals surface area contributed by atoms with Gasteiger partial charge in [0.05, 0.1) is 25.4 Å². The number of carbonyl (C=O) groups is 1. The predicted molar refractivity (Wildman–Crippen MR) is 148 cm³/mol. The molecular formula is C31H32N4O2. The van der Waals surface area contributed by atoms with Crippen molar-refractivity contribution in [2.75, 3.05) is 20.3 Å². The number of ether oxygens (including phenoxy) is 1. The first-order chi connectivity index (χ1) is 18.1. The highest BCUT2D eigenvalue weighted by atomic mass is 16.5. The van der Waals surface area contributed by atoms with E-state index in [1.165, 1.54) is 11.1 Å². The van der Waals surface area contributed by atoms with Gasteiger partial charge in [-0.3, -0.25) is 9.48 Å². The Bertz CT molecular complexity index is 1470. The number of aromatic nitrogens is 3. The zero-order valence-corrected chi connectivity index (χ0v) is 21.3. The molecule has 2 N–H and O–H groups in total. The van der Waals surface area contributed by atoms with Crippen LogP contribution in [0.4, 0.5) is 0 Å². The largest absolute Gasteiger partial charge is 0.383 e. The number of aryl methyl sites for hydroxylation is 1. The molecule has 1 atom stereocenters. The highest BCUT2D eigenvalue weighted by molar-refractivity contribution is 6.11. The molecule has 0 saturated heterocycles. The third-order valence-corrected chi connectivity index (χ3v) is 6.72. The Kier molecular flexibility index (Phi) is 7.59. The molecule has 0 aliphatic heterocycles. The van der Waals surface area contributed by atoms with Crippen LogP contribution in [0.5, 0.6) is 0 Å². The van der Waals surface area contributed by atoms with Crippen molar-refractivity contribution >= 4 is 16.7 Å². The molecule has 0 fully saturated rings. The summed E-state index contributed by atoms with van der Waals surface area (Å²) in [5.41, 5.74) is 7.16. The maximum Gasteiger partial charge on any atom is 0.186 e. The molecular weight excluding hydrogens is 460 g/mol. The van der Waals surface area contributed by atoms with Crippen LogP contribution >= 0.6 is 0 Å². The number of hydrogen-bond donors (Lipinski definition) is 2. The lowest BCUT2D eigenvalue weighted by Crippen LogP contribution is -2.30. The van der Waals surface area contributed by atoms with Crippen LogP contribution in [0.1, 0.15) is 33.1 Å². The Balaban J connectivity index is 1.37. The van der Waals surface area contributed by atoms with Gasteiger partial charge in [0.15, 0.2) is 5.78 Å². The van der Waals surface area contributed by atoms with Gasteiger partial charge >= 0.3 is 0 Å². The lowest BCUT2D eigenvalue weighted by Gasteiger charge is -2.18. The quantitative estimate of drug-likeness (QED) is 0.231. The molecule has 0 unspecified atom stereocenters. The zero-order valence-electron chi connectivity index (χ0n) is 21.3. The number of fused-ring (bicyclic) bond motifs is 1. The van der Waals surface area contributed by atoms with Crippen molar-refractivity contribution in [1.29, 1.82) is 0 Å². The molecule has 188 valence electrons. The van der Waals surface area contributed by atoms with Gasteiger partial charge in [0.2, 0.25) is 0 Å². The lowest BCUT2D eigenvalue weighted by atomic mass is 9.96. The Labute approximate surface area is 217 Å². The molecule has 3 aromatic carbocycles. The van der Waals surface area contributed by atoms with Gasteiger partial charge in [0.25, 0.3) is 0 Å². The van der Waals surface area contributed by atoms with E-state index in [1.54, 1.807) is 7.11 Å². The number of H-pyrrole nitrogens is 1. The van der Waals surface area contributed by atoms with Crippen molar-refractivity contribution in [2.45, 2.75) is 25.9 Å². The number of Topliss-reactive ketones (excluding diaryl/α,β-unsaturated/α-hetero) is 1. The minimum absolute atomic E-state index is 0.0569. The van der Waals surface area contributed by atoms with Crippen LogP contribution in [0.3, 0.4) is 0 Å². The summed E-state index contributed by atoms with van der Waals surface area (Å²) in [5.74, 6) is 0.0569. The van der Waals surface area contributed by atoms with Gasteiger partial charge in [-0.05, 0) is 36.1 Å². The van der Waals surface area contributed by atoms with Gasteiger partial charge in [0, 0.05) is 48.1 Å². The number of carbonyl (C=O) groups excluding carboxylic acids is 1. The average molecular weight is 493 g/mol. The highest BCUT2D eigenvalue weighted by Gasteiger charge is 2.24. The fraction of sp³-hybridized carbons (Fsp3) is 0.226. The second-order valence-electron chi connectivity index (χ2n) is 9.35. The van der Waals surface area contributed by atoms with E-state index in [0.29, 0.717) is 25.3 Å². The van der Waals surface area contributed by atoms with E-state index < -0.39 is 6.04 Å². The van der Waals surface area contributed by atoms with E-state index in [2.05, 4.69) is 52.7 Å². The molecule has 6 heteroatoms. The first kappa shape index (κ1) is 24.7. The third kappa shape index (κ3) is 5.71. The van der Waals surface area contributed by atoms with Gasteiger partial charge in [0.1, 0.15) is 0 Å². The molecule has 0 radical (unpaired) electrons. The van der Waals surface area contributed by atoms with Crippen LogP contribution in [0.2, 0.25) is 0 Å². The van der Waals surface area contributed by atoms with Gasteiger partial charge in [-0.1, -0.05) is 72.3 Å². The van der Waals surface area contributed by atoms with E-state index in [0.717, 1.165) is 34.0 Å². The molecule has 0 amide bonds. The molecule has 5 rings (SSSR count). The van der Waals surface area contributed by atoms with E-state index >= 15 is 0 Å². The highest BCUT2D eigenvalue weighted by Crippen LogP contribution is 2.29. The monoisotopic (exact) mass is 492 g/mol. The average Bonchev–Trinajstić information content (AvgIpc) is 3.58. The van der Waals surface area contributed by atoms with Gasteiger partial charge < -0.3 is 15.0 Å². The molecule has 6 nitrogen and oxygen atoms in total. The zero-order chi connectivity index (χ0) is 25.6. The predicted octanol–water partition coefficient (Wildman–Crippen LogP) is 5.74. The van der Waals surface area contributed by atoms with Gasteiger partial charge in [-0.15, -0.1) is 0 Å². The van der Waals surface area contributed by atoms with E-state index in [-0.39, 0.29) is 5.78 Å². The topological polar surface area (TPSA) is 71.9 Å². The molecule has 0 bridgehead atoms. The number of methoxy groups -OCH3 is 1. The van der Waals surface area contributed by atoms with Crippen molar-refractivity contribution in [1.82, 2.24) is 20.1 Å². The fourth-order valence-corrected chi connectivity index (χ4v) is 4.61. The minimum atomic E-state index is -0.427. The standard InChI is InChI=1S/C31H32N4O2/c1-22-8-10-23(11-9-22)14-15-32-30(24-6-4-3-5-7-24)31(36)28-20-33-29-18-25(12-13-27(28)29)26-19-34-35(21-26)16-17-37-2/h3-13,18-21,30,32-33H,14-17H2,1-2H3/t30-/m0/s1. The third-order valence-electron chi connectivity index (χ3n) is 6.72. The number of benzene rings is 3. The Morgan fingerprint density at radius 3 is 2.65 bits per heavy atom. The minimum Gasteiger partial charge on any atom is -0.383 e. The van der Waals surface area contributed by atoms with Crippen LogP contribution in [-0.4, -0.2) is 40.8 Å². The number of nitrogens with zero attached hydrogens (tertiary/aromatic N) is 2. The molecule has 2 heterocycles. The van der Waals surface area contributed by atoms with Crippen LogP contribution < -0.4 is 5.32 Å². The maximum absolute atomic E-state index is 13.9. The van der Waals surface area contributed by atoms with Crippen molar-refractivity contribution in [3.63, 3.8) is 0 Å². The second kappa shape index (κ2) is 11.4. The van der Waals surface area contributed by atoms with Crippen LogP contribution in [0.15, 0.2) is 91.4 Å². The van der Waals surface area contributed by atoms with Crippen molar-refractivity contribution < 1.29 is 9.53 Å². The van der Waals surface area contributed by atoms with Crippen molar-refractivity contribution in [3.05, 3.63) is 114 Å².